The van der Waals surface area contributed by atoms with Crippen LogP contribution in [0.5, 0.6) is 0 Å². The summed E-state index contributed by atoms with van der Waals surface area (Å²) in [5, 5.41) is 7.48. The van der Waals surface area contributed by atoms with Gasteiger partial charge in [-0.3, -0.25) is 5.10 Å². The van der Waals surface area contributed by atoms with Gasteiger partial charge in [-0.05, 0) is 6.07 Å². The number of aromatic nitrogens is 4. The Bertz CT molecular complexity index is 482. The molecule has 7 heteroatoms. The van der Waals surface area contributed by atoms with Crippen LogP contribution in [0.15, 0.2) is 12.3 Å². The van der Waals surface area contributed by atoms with Crippen molar-refractivity contribution in [2.45, 2.75) is 5.88 Å². The van der Waals surface area contributed by atoms with E-state index >= 15 is 0 Å². The number of hydrogen-bond donors (Lipinski definition) is 1. The second-order valence-electron chi connectivity index (χ2n) is 2.72. The van der Waals surface area contributed by atoms with E-state index < -0.39 is 0 Å². The maximum Gasteiger partial charge on any atom is 0.201 e. The van der Waals surface area contributed by atoms with Crippen LogP contribution in [0.25, 0.3) is 11.5 Å². The summed E-state index contributed by atoms with van der Waals surface area (Å²) in [6.45, 7) is 0. The van der Waals surface area contributed by atoms with Gasteiger partial charge in [-0.1, -0.05) is 23.2 Å². The SMILES string of the molecule is ClCc1nc(-c2ncc(Cl)cc2Cl)n[nH]1. The molecule has 0 unspecified atom stereocenters. The number of alkyl halides is 1. The Labute approximate surface area is 101 Å². The largest absolute Gasteiger partial charge is 0.262 e. The van der Waals surface area contributed by atoms with Crippen molar-refractivity contribution in [2.75, 3.05) is 0 Å². The maximum absolute atomic E-state index is 5.94. The topological polar surface area (TPSA) is 54.5 Å². The average Bonchev–Trinajstić information content (AvgIpc) is 2.66. The van der Waals surface area contributed by atoms with Crippen molar-refractivity contribution in [3.8, 4) is 11.5 Å². The van der Waals surface area contributed by atoms with Crippen molar-refractivity contribution in [3.05, 3.63) is 28.1 Å². The second-order valence-corrected chi connectivity index (χ2v) is 3.83. The zero-order valence-corrected chi connectivity index (χ0v) is 9.61. The predicted molar refractivity (Wildman–Crippen MR) is 59.2 cm³/mol. The van der Waals surface area contributed by atoms with Gasteiger partial charge in [-0.25, -0.2) is 9.97 Å². The Hall–Kier alpha value is -0.840. The number of aromatic amines is 1. The first-order valence-electron chi connectivity index (χ1n) is 3.99. The normalized spacial score (nSPS) is 10.6. The lowest BCUT2D eigenvalue weighted by molar-refractivity contribution is 1.02. The average molecular weight is 264 g/mol. The van der Waals surface area contributed by atoms with Crippen molar-refractivity contribution in [2.24, 2.45) is 0 Å². The van der Waals surface area contributed by atoms with Gasteiger partial charge in [-0.15, -0.1) is 11.6 Å². The van der Waals surface area contributed by atoms with Gasteiger partial charge in [0, 0.05) is 6.20 Å². The van der Waals surface area contributed by atoms with Crippen LogP contribution in [0.4, 0.5) is 0 Å². The molecule has 2 aromatic rings. The van der Waals surface area contributed by atoms with E-state index in [1.54, 1.807) is 6.07 Å². The molecule has 0 spiro atoms. The summed E-state index contributed by atoms with van der Waals surface area (Å²) in [6, 6.07) is 1.59. The molecule has 2 rings (SSSR count). The predicted octanol–water partition coefficient (Wildman–Crippen LogP) is 2.91. The summed E-state index contributed by atoms with van der Waals surface area (Å²) in [5.41, 5.74) is 0.480. The van der Waals surface area contributed by atoms with E-state index in [1.807, 2.05) is 0 Å². The molecule has 2 aromatic heterocycles. The van der Waals surface area contributed by atoms with E-state index in [2.05, 4.69) is 20.2 Å². The molecule has 1 N–H and O–H groups in total. The standard InChI is InChI=1S/C8H5Cl3N4/c9-2-6-13-8(15-14-6)7-5(11)1-4(10)3-12-7/h1,3H,2H2,(H,13,14,15). The first-order valence-corrected chi connectivity index (χ1v) is 5.28. The van der Waals surface area contributed by atoms with Crippen molar-refractivity contribution in [1.82, 2.24) is 20.2 Å². The van der Waals surface area contributed by atoms with Crippen molar-refractivity contribution < 1.29 is 0 Å². The molecular weight excluding hydrogens is 258 g/mol. The van der Waals surface area contributed by atoms with Gasteiger partial charge in [0.1, 0.15) is 11.5 Å². The highest BCUT2D eigenvalue weighted by molar-refractivity contribution is 6.35. The molecule has 2 heterocycles. The summed E-state index contributed by atoms with van der Waals surface area (Å²) in [4.78, 5) is 8.14. The van der Waals surface area contributed by atoms with Gasteiger partial charge in [0.2, 0.25) is 5.82 Å². The van der Waals surface area contributed by atoms with Crippen LogP contribution in [0.2, 0.25) is 10.0 Å². The van der Waals surface area contributed by atoms with E-state index in [4.69, 9.17) is 34.8 Å². The third-order valence-corrected chi connectivity index (χ3v) is 2.43. The number of pyridine rings is 1. The minimum atomic E-state index is 0.262. The third-order valence-electron chi connectivity index (χ3n) is 1.68. The van der Waals surface area contributed by atoms with Crippen LogP contribution < -0.4 is 0 Å². The molecule has 0 amide bonds. The molecule has 78 valence electrons. The number of nitrogens with zero attached hydrogens (tertiary/aromatic N) is 3. The highest BCUT2D eigenvalue weighted by Gasteiger charge is 2.11. The number of rotatable bonds is 2. The van der Waals surface area contributed by atoms with E-state index in [0.29, 0.717) is 27.4 Å². The molecule has 0 saturated heterocycles. The van der Waals surface area contributed by atoms with Crippen molar-refractivity contribution in [3.63, 3.8) is 0 Å². The van der Waals surface area contributed by atoms with Crippen LogP contribution in [-0.4, -0.2) is 20.2 Å². The molecule has 0 aliphatic rings. The monoisotopic (exact) mass is 262 g/mol. The number of H-pyrrole nitrogens is 1. The summed E-state index contributed by atoms with van der Waals surface area (Å²) in [5.74, 6) is 1.24. The zero-order valence-electron chi connectivity index (χ0n) is 7.34. The highest BCUT2D eigenvalue weighted by atomic mass is 35.5. The molecule has 0 bridgehead atoms. The fourth-order valence-corrected chi connectivity index (χ4v) is 1.62. The molecule has 0 aliphatic heterocycles. The van der Waals surface area contributed by atoms with Gasteiger partial charge >= 0.3 is 0 Å². The van der Waals surface area contributed by atoms with Crippen LogP contribution in [0.3, 0.4) is 0 Å². The summed E-state index contributed by atoms with van der Waals surface area (Å²) in [6.07, 6.45) is 1.49. The van der Waals surface area contributed by atoms with Crippen LogP contribution in [-0.2, 0) is 5.88 Å². The Morgan fingerprint density at radius 3 is 2.73 bits per heavy atom. The number of nitrogens with one attached hydrogen (secondary N) is 1. The molecule has 0 aliphatic carbocycles. The molecule has 15 heavy (non-hydrogen) atoms. The van der Waals surface area contributed by atoms with E-state index in [-0.39, 0.29) is 5.88 Å². The molecule has 0 aromatic carbocycles. The lowest BCUT2D eigenvalue weighted by atomic mass is 10.3. The fourth-order valence-electron chi connectivity index (χ4n) is 1.04. The molecule has 0 fully saturated rings. The van der Waals surface area contributed by atoms with Gasteiger partial charge in [0.05, 0.1) is 15.9 Å². The van der Waals surface area contributed by atoms with Crippen LogP contribution in [0, 0.1) is 0 Å². The van der Waals surface area contributed by atoms with Gasteiger partial charge < -0.3 is 0 Å². The van der Waals surface area contributed by atoms with Gasteiger partial charge in [0.25, 0.3) is 0 Å². The first kappa shape index (κ1) is 10.7. The van der Waals surface area contributed by atoms with Crippen LogP contribution >= 0.6 is 34.8 Å². The zero-order chi connectivity index (χ0) is 10.8. The summed E-state index contributed by atoms with van der Waals surface area (Å²) >= 11 is 17.2. The lowest BCUT2D eigenvalue weighted by Crippen LogP contribution is -1.87. The number of halogens is 3. The minimum absolute atomic E-state index is 0.262. The van der Waals surface area contributed by atoms with E-state index in [0.717, 1.165) is 0 Å². The smallest absolute Gasteiger partial charge is 0.201 e. The summed E-state index contributed by atoms with van der Waals surface area (Å²) < 4.78 is 0. The van der Waals surface area contributed by atoms with Gasteiger partial charge in [0.15, 0.2) is 0 Å². The quantitative estimate of drug-likeness (QED) is 0.848. The summed E-state index contributed by atoms with van der Waals surface area (Å²) in [7, 11) is 0. The lowest BCUT2D eigenvalue weighted by Gasteiger charge is -1.97. The Balaban J connectivity index is 2.44. The second kappa shape index (κ2) is 4.35. The molecule has 0 saturated carbocycles. The molecule has 4 nitrogen and oxygen atoms in total. The number of hydrogen-bond acceptors (Lipinski definition) is 3. The van der Waals surface area contributed by atoms with Gasteiger partial charge in [-0.2, -0.15) is 5.10 Å². The Kier molecular flexibility index (Phi) is 3.09. The maximum atomic E-state index is 5.94. The fraction of sp³-hybridized carbons (Fsp3) is 0.125. The Morgan fingerprint density at radius 2 is 2.13 bits per heavy atom. The molecular formula is C8H5Cl3N4. The van der Waals surface area contributed by atoms with Crippen molar-refractivity contribution >= 4 is 34.8 Å². The Morgan fingerprint density at radius 1 is 1.33 bits per heavy atom. The molecule has 0 radical (unpaired) electrons. The minimum Gasteiger partial charge on any atom is -0.262 e. The van der Waals surface area contributed by atoms with E-state index in [1.165, 1.54) is 6.20 Å². The van der Waals surface area contributed by atoms with E-state index in [9.17, 15) is 0 Å². The molecule has 0 atom stereocenters. The first-order chi connectivity index (χ1) is 7.20. The third kappa shape index (κ3) is 2.22. The van der Waals surface area contributed by atoms with Crippen LogP contribution in [0.1, 0.15) is 5.82 Å². The highest BCUT2D eigenvalue weighted by Crippen LogP contribution is 2.25. The van der Waals surface area contributed by atoms with Crippen molar-refractivity contribution in [1.29, 1.82) is 0 Å².